The fourth-order valence-electron chi connectivity index (χ4n) is 6.24. The van der Waals surface area contributed by atoms with Gasteiger partial charge in [-0.05, 0) is 87.3 Å². The van der Waals surface area contributed by atoms with Crippen molar-refractivity contribution >= 4 is 12.0 Å². The summed E-state index contributed by atoms with van der Waals surface area (Å²) in [5.74, 6) is -0.426. The van der Waals surface area contributed by atoms with Gasteiger partial charge in [0, 0.05) is 51.4 Å². The lowest BCUT2D eigenvalue weighted by Gasteiger charge is -2.40. The molecule has 2 atom stereocenters. The van der Waals surface area contributed by atoms with Crippen LogP contribution in [0.15, 0.2) is 66.7 Å². The zero-order valence-corrected chi connectivity index (χ0v) is 27.8. The molecule has 7 nitrogen and oxygen atoms in total. The van der Waals surface area contributed by atoms with Gasteiger partial charge in [-0.1, -0.05) is 54.6 Å². The van der Waals surface area contributed by atoms with E-state index >= 15 is 4.39 Å². The van der Waals surface area contributed by atoms with Crippen molar-refractivity contribution in [2.45, 2.75) is 77.5 Å². The van der Waals surface area contributed by atoms with Crippen LogP contribution in [0.25, 0.3) is 11.1 Å². The summed E-state index contributed by atoms with van der Waals surface area (Å²) in [6.45, 7) is 9.15. The number of halogens is 1. The number of amides is 2. The fourth-order valence-corrected chi connectivity index (χ4v) is 6.24. The molecule has 0 radical (unpaired) electrons. The topological polar surface area (TPSA) is 68.3 Å². The normalized spacial score (nSPS) is 18.3. The monoisotopic (exact) mass is 630 g/mol. The van der Waals surface area contributed by atoms with Crippen molar-refractivity contribution in [3.63, 3.8) is 0 Å². The third-order valence-corrected chi connectivity index (χ3v) is 8.68. The van der Waals surface area contributed by atoms with Crippen LogP contribution in [-0.2, 0) is 20.8 Å². The highest BCUT2D eigenvalue weighted by Gasteiger charge is 2.43. The summed E-state index contributed by atoms with van der Waals surface area (Å²) in [5, 5.41) is 0. The number of hydrogen-bond acceptors (Lipinski definition) is 5. The van der Waals surface area contributed by atoms with Crippen molar-refractivity contribution in [2.24, 2.45) is 5.92 Å². The Kier molecular flexibility index (Phi) is 10.7. The van der Waals surface area contributed by atoms with Crippen molar-refractivity contribution < 1.29 is 28.2 Å². The molecule has 5 rings (SSSR count). The Labute approximate surface area is 272 Å². The van der Waals surface area contributed by atoms with Gasteiger partial charge in [0.1, 0.15) is 17.2 Å². The van der Waals surface area contributed by atoms with E-state index in [2.05, 4.69) is 30.3 Å². The summed E-state index contributed by atoms with van der Waals surface area (Å²) < 4.78 is 32.3. The van der Waals surface area contributed by atoms with Crippen molar-refractivity contribution in [1.82, 2.24) is 9.80 Å². The summed E-state index contributed by atoms with van der Waals surface area (Å²) in [6, 6.07) is 22.0. The quantitative estimate of drug-likeness (QED) is 0.203. The maximum absolute atomic E-state index is 15.6. The fraction of sp³-hybridized carbons (Fsp3) is 0.474. The number of ether oxygens (including phenoxy) is 3. The molecule has 1 saturated heterocycles. The summed E-state index contributed by atoms with van der Waals surface area (Å²) in [6.07, 6.45) is 2.66. The lowest BCUT2D eigenvalue weighted by molar-refractivity contribution is -0.139. The van der Waals surface area contributed by atoms with Crippen molar-refractivity contribution in [1.29, 1.82) is 0 Å². The lowest BCUT2D eigenvalue weighted by atomic mass is 9.79. The molecule has 1 aliphatic heterocycles. The number of carbonyl (C=O) groups is 2. The average molecular weight is 631 g/mol. The summed E-state index contributed by atoms with van der Waals surface area (Å²) in [5.41, 5.74) is 3.51. The molecule has 46 heavy (non-hydrogen) atoms. The highest BCUT2D eigenvalue weighted by molar-refractivity contribution is 5.82. The van der Waals surface area contributed by atoms with Crippen LogP contribution in [-0.4, -0.2) is 66.9 Å². The number of likely N-dealkylation sites (tertiary alicyclic amines) is 1. The number of rotatable bonds is 11. The number of nitrogens with zero attached hydrogens (tertiary/aromatic N) is 2. The second-order valence-electron chi connectivity index (χ2n) is 13.5. The van der Waals surface area contributed by atoms with Gasteiger partial charge in [-0.3, -0.25) is 4.79 Å². The molecule has 2 aliphatic rings. The van der Waals surface area contributed by atoms with Gasteiger partial charge in [0.05, 0.1) is 12.5 Å². The van der Waals surface area contributed by atoms with Gasteiger partial charge >= 0.3 is 6.09 Å². The van der Waals surface area contributed by atoms with E-state index in [1.165, 1.54) is 0 Å². The van der Waals surface area contributed by atoms with E-state index in [1.54, 1.807) is 31.1 Å². The minimum absolute atomic E-state index is 0.0340. The molecule has 1 saturated carbocycles. The molecule has 1 aliphatic carbocycles. The predicted octanol–water partition coefficient (Wildman–Crippen LogP) is 7.75. The van der Waals surface area contributed by atoms with E-state index in [1.807, 2.05) is 49.9 Å². The number of aryl methyl sites for hydroxylation is 1. The molecule has 1 heterocycles. The summed E-state index contributed by atoms with van der Waals surface area (Å²) in [4.78, 5) is 31.4. The molecule has 0 spiro atoms. The minimum Gasteiger partial charge on any atom is -0.493 e. The zero-order chi connectivity index (χ0) is 32.8. The Balaban J connectivity index is 1.44. The van der Waals surface area contributed by atoms with Gasteiger partial charge in [0.2, 0.25) is 5.91 Å². The van der Waals surface area contributed by atoms with Crippen LogP contribution in [0.3, 0.4) is 0 Å². The number of piperidine rings is 1. The molecule has 0 N–H and O–H groups in total. The van der Waals surface area contributed by atoms with Gasteiger partial charge in [-0.15, -0.1) is 0 Å². The maximum atomic E-state index is 15.6. The molecule has 3 aromatic carbocycles. The third-order valence-electron chi connectivity index (χ3n) is 8.68. The standard InChI is InChI=1S/C38H47FN2O5/c1-26-21-32(45-20-10-19-44-5)23-30(35(26)39)24-41(31-15-16-31)36(42)34-25-40(37(43)46-38(2,3)4)18-17-33(34)29-14-9-13-28(22-29)27-11-7-6-8-12-27/h6-9,11-14,21-23,31,33-34H,10,15-20,24-25H2,1-5H3/t33-,34+/m1/s1. The number of methoxy groups -OCH3 is 1. The van der Waals surface area contributed by atoms with Crippen molar-refractivity contribution in [2.75, 3.05) is 33.4 Å². The van der Waals surface area contributed by atoms with Gasteiger partial charge in [-0.25, -0.2) is 9.18 Å². The smallest absolute Gasteiger partial charge is 0.410 e. The first-order valence-electron chi connectivity index (χ1n) is 16.4. The molecule has 0 unspecified atom stereocenters. The second-order valence-corrected chi connectivity index (χ2v) is 13.5. The second kappa shape index (κ2) is 14.7. The van der Waals surface area contributed by atoms with Crippen LogP contribution in [0.2, 0.25) is 0 Å². The van der Waals surface area contributed by atoms with E-state index < -0.39 is 17.6 Å². The Morgan fingerprint density at radius 3 is 2.39 bits per heavy atom. The van der Waals surface area contributed by atoms with Crippen LogP contribution >= 0.6 is 0 Å². The van der Waals surface area contributed by atoms with Crippen LogP contribution < -0.4 is 4.74 Å². The van der Waals surface area contributed by atoms with Gasteiger partial charge < -0.3 is 24.0 Å². The first-order valence-corrected chi connectivity index (χ1v) is 16.4. The molecule has 2 amide bonds. The largest absolute Gasteiger partial charge is 0.493 e. The third kappa shape index (κ3) is 8.46. The summed E-state index contributed by atoms with van der Waals surface area (Å²) in [7, 11) is 1.65. The molecule has 8 heteroatoms. The SMILES string of the molecule is COCCCOc1cc(C)c(F)c(CN(C(=O)[C@H]2CN(C(=O)OC(C)(C)C)CC[C@@H]2c2cccc(-c3ccccc3)c2)C2CC2)c1. The van der Waals surface area contributed by atoms with Crippen LogP contribution in [0.5, 0.6) is 5.75 Å². The highest BCUT2D eigenvalue weighted by Crippen LogP contribution is 2.39. The Morgan fingerprint density at radius 1 is 0.957 bits per heavy atom. The van der Waals surface area contributed by atoms with E-state index in [9.17, 15) is 9.59 Å². The maximum Gasteiger partial charge on any atom is 0.410 e. The minimum atomic E-state index is -0.649. The van der Waals surface area contributed by atoms with Gasteiger partial charge in [0.15, 0.2) is 0 Å². The lowest BCUT2D eigenvalue weighted by Crippen LogP contribution is -2.51. The average Bonchev–Trinajstić information content (AvgIpc) is 3.88. The first-order chi connectivity index (χ1) is 22.0. The van der Waals surface area contributed by atoms with E-state index in [4.69, 9.17) is 14.2 Å². The molecular formula is C38H47FN2O5. The van der Waals surface area contributed by atoms with Crippen molar-refractivity contribution in [3.05, 3.63) is 89.2 Å². The molecular weight excluding hydrogens is 583 g/mol. The van der Waals surface area contributed by atoms with E-state index in [-0.39, 0.29) is 36.8 Å². The zero-order valence-electron chi connectivity index (χ0n) is 27.8. The predicted molar refractivity (Wildman–Crippen MR) is 177 cm³/mol. The van der Waals surface area contributed by atoms with E-state index in [0.717, 1.165) is 36.0 Å². The van der Waals surface area contributed by atoms with Crippen molar-refractivity contribution in [3.8, 4) is 16.9 Å². The van der Waals surface area contributed by atoms with E-state index in [0.29, 0.717) is 43.1 Å². The Morgan fingerprint density at radius 2 is 1.70 bits per heavy atom. The molecule has 0 aromatic heterocycles. The summed E-state index contributed by atoms with van der Waals surface area (Å²) >= 11 is 0. The molecule has 246 valence electrons. The first kappa shape index (κ1) is 33.5. The van der Waals surface area contributed by atoms with Crippen LogP contribution in [0.1, 0.15) is 69.1 Å². The Hall–Kier alpha value is -3.91. The number of carbonyl (C=O) groups excluding carboxylic acids is 2. The number of hydrogen-bond donors (Lipinski definition) is 0. The Bertz CT molecular complexity index is 1500. The van der Waals surface area contributed by atoms with Crippen LogP contribution in [0, 0.1) is 18.7 Å². The van der Waals surface area contributed by atoms with Gasteiger partial charge in [0.25, 0.3) is 0 Å². The molecule has 2 fully saturated rings. The highest BCUT2D eigenvalue weighted by atomic mass is 19.1. The van der Waals surface area contributed by atoms with Gasteiger partial charge in [-0.2, -0.15) is 0 Å². The molecule has 3 aromatic rings. The van der Waals surface area contributed by atoms with Crippen LogP contribution in [0.4, 0.5) is 9.18 Å². The molecule has 0 bridgehead atoms. The number of benzene rings is 3.